The zero-order valence-electron chi connectivity index (χ0n) is 21.5. The molecule has 0 fully saturated rings. The van der Waals surface area contributed by atoms with Crippen LogP contribution in [0.1, 0.15) is 25.1 Å². The van der Waals surface area contributed by atoms with E-state index in [1.165, 1.54) is 7.11 Å². The number of benzene rings is 4. The van der Waals surface area contributed by atoms with Crippen LogP contribution >= 0.6 is 7.60 Å². The first-order chi connectivity index (χ1) is 18.4. The highest BCUT2D eigenvalue weighted by Gasteiger charge is 2.43. The summed E-state index contributed by atoms with van der Waals surface area (Å²) in [5, 5.41) is 6.07. The number of methoxy groups -OCH3 is 1. The molecule has 0 radical (unpaired) electrons. The van der Waals surface area contributed by atoms with Crippen molar-refractivity contribution < 1.29 is 32.7 Å². The van der Waals surface area contributed by atoms with Gasteiger partial charge >= 0.3 is 13.6 Å². The highest BCUT2D eigenvalue weighted by atomic mass is 31.2. The minimum atomic E-state index is -3.97. The smallest absolute Gasteiger partial charge is 0.347 e. The Bertz CT molecular complexity index is 1490. The second-order valence-corrected chi connectivity index (χ2v) is 10.5. The first-order valence-corrected chi connectivity index (χ1v) is 13.9. The number of ether oxygens (including phenoxy) is 2. The molecule has 0 aromatic heterocycles. The Balaban J connectivity index is 1.83. The third-order valence-electron chi connectivity index (χ3n) is 6.00. The van der Waals surface area contributed by atoms with Gasteiger partial charge in [0.1, 0.15) is 0 Å². The number of amides is 1. The lowest BCUT2D eigenvalue weighted by atomic mass is 10.0. The summed E-state index contributed by atoms with van der Waals surface area (Å²) in [5.41, 5.74) is -0.445. The second kappa shape index (κ2) is 12.2. The molecule has 0 heterocycles. The summed E-state index contributed by atoms with van der Waals surface area (Å²) >= 11 is 0. The molecule has 0 spiro atoms. The zero-order valence-corrected chi connectivity index (χ0v) is 22.4. The maximum Gasteiger partial charge on any atom is 0.347 e. The summed E-state index contributed by atoms with van der Waals surface area (Å²) in [4.78, 5) is 25.9. The SMILES string of the molecule is CCOP(=O)(OCC)C(C(=O)Nc1ccc2ccccc2c1OCC(=O)OC)c1cccc2ccccc12. The van der Waals surface area contributed by atoms with E-state index in [4.69, 9.17) is 18.5 Å². The minimum absolute atomic E-state index is 0.0925. The van der Waals surface area contributed by atoms with Crippen molar-refractivity contribution >= 4 is 46.7 Å². The highest BCUT2D eigenvalue weighted by Crippen LogP contribution is 2.62. The van der Waals surface area contributed by atoms with Gasteiger partial charge in [0.15, 0.2) is 18.0 Å². The molecule has 4 aromatic rings. The molecule has 0 saturated heterocycles. The van der Waals surface area contributed by atoms with E-state index in [0.29, 0.717) is 22.4 Å². The van der Waals surface area contributed by atoms with E-state index in [1.807, 2.05) is 60.7 Å². The summed E-state index contributed by atoms with van der Waals surface area (Å²) in [5.74, 6) is -0.869. The number of rotatable bonds is 11. The second-order valence-electron chi connectivity index (χ2n) is 8.36. The average Bonchev–Trinajstić information content (AvgIpc) is 2.92. The number of esters is 1. The van der Waals surface area contributed by atoms with Crippen molar-refractivity contribution in [3.63, 3.8) is 0 Å². The van der Waals surface area contributed by atoms with Crippen molar-refractivity contribution in [3.8, 4) is 5.75 Å². The molecular formula is C29H30NO7P. The zero-order chi connectivity index (χ0) is 27.1. The summed E-state index contributed by atoms with van der Waals surface area (Å²) in [6, 6.07) is 24.0. The van der Waals surface area contributed by atoms with Crippen molar-refractivity contribution in [3.05, 3.63) is 84.4 Å². The van der Waals surface area contributed by atoms with Crippen LogP contribution in [0.2, 0.25) is 0 Å². The topological polar surface area (TPSA) is 100 Å². The van der Waals surface area contributed by atoms with Gasteiger partial charge in [0, 0.05) is 5.39 Å². The van der Waals surface area contributed by atoms with E-state index in [0.717, 1.165) is 16.2 Å². The molecule has 4 aromatic carbocycles. The Labute approximate surface area is 221 Å². The maximum absolute atomic E-state index is 14.1. The van der Waals surface area contributed by atoms with Crippen LogP contribution in [0, 0.1) is 0 Å². The largest absolute Gasteiger partial charge is 0.479 e. The van der Waals surface area contributed by atoms with Gasteiger partial charge in [-0.1, -0.05) is 72.8 Å². The van der Waals surface area contributed by atoms with E-state index in [2.05, 4.69) is 5.32 Å². The maximum atomic E-state index is 14.1. The predicted molar refractivity (Wildman–Crippen MR) is 148 cm³/mol. The standard InChI is InChI=1S/C29H30NO7P/c1-4-36-38(33,37-5-2)28(24-16-10-13-20-11-6-8-14-22(20)24)29(32)30-25-18-17-21-12-7-9-15-23(21)27(25)35-19-26(31)34-3/h6-18,28H,4-5,19H2,1-3H3,(H,30,32). The number of carbonyl (C=O) groups is 2. The van der Waals surface area contributed by atoms with Crippen molar-refractivity contribution in [2.45, 2.75) is 19.5 Å². The molecule has 0 saturated carbocycles. The third-order valence-corrected chi connectivity index (χ3v) is 8.38. The molecule has 0 aliphatic carbocycles. The van der Waals surface area contributed by atoms with Crippen LogP contribution in [0.3, 0.4) is 0 Å². The molecule has 198 valence electrons. The molecule has 0 aliphatic rings. The molecule has 9 heteroatoms. The molecule has 1 N–H and O–H groups in total. The van der Waals surface area contributed by atoms with Crippen LogP contribution in [0.5, 0.6) is 5.75 Å². The van der Waals surface area contributed by atoms with Gasteiger partial charge in [-0.05, 0) is 41.6 Å². The minimum Gasteiger partial charge on any atom is -0.479 e. The fraction of sp³-hybridized carbons (Fsp3) is 0.241. The number of carbonyl (C=O) groups excluding carboxylic acids is 2. The molecule has 0 bridgehead atoms. The van der Waals surface area contributed by atoms with Gasteiger partial charge in [0.25, 0.3) is 0 Å². The summed E-state index contributed by atoms with van der Waals surface area (Å²) in [6.07, 6.45) is 0. The van der Waals surface area contributed by atoms with Gasteiger partial charge in [0.2, 0.25) is 5.91 Å². The molecule has 1 unspecified atom stereocenters. The van der Waals surface area contributed by atoms with E-state index < -0.39 is 25.1 Å². The summed E-state index contributed by atoms with van der Waals surface area (Å²) < 4.78 is 36.0. The summed E-state index contributed by atoms with van der Waals surface area (Å²) in [6.45, 7) is 3.23. The Hall–Kier alpha value is -3.71. The van der Waals surface area contributed by atoms with Crippen molar-refractivity contribution in [1.29, 1.82) is 0 Å². The number of hydrogen-bond acceptors (Lipinski definition) is 7. The van der Waals surface area contributed by atoms with Crippen LogP contribution in [-0.4, -0.2) is 38.8 Å². The molecule has 4 rings (SSSR count). The Morgan fingerprint density at radius 3 is 2.08 bits per heavy atom. The fourth-order valence-corrected chi connectivity index (χ4v) is 6.39. The van der Waals surface area contributed by atoms with Crippen LogP contribution in [0.15, 0.2) is 78.9 Å². The van der Waals surface area contributed by atoms with Gasteiger partial charge in [-0.3, -0.25) is 9.36 Å². The van der Waals surface area contributed by atoms with Gasteiger partial charge in [-0.25, -0.2) is 4.79 Å². The molecule has 0 aliphatic heterocycles. The molecule has 38 heavy (non-hydrogen) atoms. The monoisotopic (exact) mass is 535 g/mol. The van der Waals surface area contributed by atoms with Gasteiger partial charge in [-0.2, -0.15) is 0 Å². The Morgan fingerprint density at radius 1 is 0.816 bits per heavy atom. The lowest BCUT2D eigenvalue weighted by Crippen LogP contribution is -2.24. The van der Waals surface area contributed by atoms with Crippen molar-refractivity contribution in [2.75, 3.05) is 32.2 Å². The quantitative estimate of drug-likeness (QED) is 0.173. The van der Waals surface area contributed by atoms with E-state index >= 15 is 0 Å². The molecular weight excluding hydrogens is 505 g/mol. The number of hydrogen-bond donors (Lipinski definition) is 1. The fourth-order valence-electron chi connectivity index (χ4n) is 4.38. The average molecular weight is 536 g/mol. The lowest BCUT2D eigenvalue weighted by molar-refractivity contribution is -0.142. The molecule has 8 nitrogen and oxygen atoms in total. The third kappa shape index (κ3) is 5.73. The predicted octanol–water partition coefficient (Wildman–Crippen LogP) is 6.49. The van der Waals surface area contributed by atoms with Crippen molar-refractivity contribution in [2.24, 2.45) is 0 Å². The van der Waals surface area contributed by atoms with Gasteiger partial charge < -0.3 is 23.8 Å². The Kier molecular flexibility index (Phi) is 8.79. The first-order valence-electron chi connectivity index (χ1n) is 12.3. The van der Waals surface area contributed by atoms with Crippen LogP contribution in [-0.2, 0) is 27.9 Å². The van der Waals surface area contributed by atoms with E-state index in [-0.39, 0.29) is 19.8 Å². The molecule has 1 amide bonds. The van der Waals surface area contributed by atoms with Crippen LogP contribution in [0.25, 0.3) is 21.5 Å². The van der Waals surface area contributed by atoms with Gasteiger partial charge in [0.05, 0.1) is 26.0 Å². The van der Waals surface area contributed by atoms with Gasteiger partial charge in [-0.15, -0.1) is 0 Å². The number of anilines is 1. The van der Waals surface area contributed by atoms with E-state index in [1.54, 1.807) is 32.0 Å². The first kappa shape index (κ1) is 27.3. The van der Waals surface area contributed by atoms with E-state index in [9.17, 15) is 14.2 Å². The Morgan fingerprint density at radius 2 is 1.42 bits per heavy atom. The molecule has 1 atom stereocenters. The van der Waals surface area contributed by atoms with Crippen LogP contribution in [0.4, 0.5) is 5.69 Å². The number of fused-ring (bicyclic) bond motifs is 2. The van der Waals surface area contributed by atoms with Crippen LogP contribution < -0.4 is 10.1 Å². The lowest BCUT2D eigenvalue weighted by Gasteiger charge is -2.27. The summed E-state index contributed by atoms with van der Waals surface area (Å²) in [7, 11) is -2.71. The van der Waals surface area contributed by atoms with Crippen molar-refractivity contribution in [1.82, 2.24) is 0 Å². The highest BCUT2D eigenvalue weighted by molar-refractivity contribution is 7.55. The number of nitrogens with one attached hydrogen (secondary N) is 1. The normalized spacial score (nSPS) is 12.3.